The molecule has 2 heterocycles. The van der Waals surface area contributed by atoms with E-state index in [2.05, 4.69) is 26.1 Å². The van der Waals surface area contributed by atoms with E-state index in [1.807, 2.05) is 0 Å². The summed E-state index contributed by atoms with van der Waals surface area (Å²) in [5.41, 5.74) is -1.02. The first-order valence-electron chi connectivity index (χ1n) is 11.7. The molecule has 206 valence electrons. The van der Waals surface area contributed by atoms with Crippen LogP contribution in [0.2, 0.25) is 0 Å². The molecule has 4 aromatic rings. The molecule has 0 saturated heterocycles. The lowest BCUT2D eigenvalue weighted by atomic mass is 9.92. The van der Waals surface area contributed by atoms with Crippen LogP contribution in [0.15, 0.2) is 78.1 Å². The van der Waals surface area contributed by atoms with Gasteiger partial charge in [0.15, 0.2) is 0 Å². The van der Waals surface area contributed by atoms with E-state index in [1.165, 1.54) is 31.2 Å². The molecule has 0 spiro atoms. The number of hydrogen-bond acceptors (Lipinski definition) is 3. The first-order chi connectivity index (χ1) is 18.8. The van der Waals surface area contributed by atoms with Gasteiger partial charge in [-0.2, -0.15) is 31.4 Å². The molecular formula is C27H19F6N5O2. The molecule has 1 unspecified atom stereocenters. The Bertz CT molecular complexity index is 1620. The number of halogens is 6. The Kier molecular flexibility index (Phi) is 6.52. The van der Waals surface area contributed by atoms with Gasteiger partial charge in [-0.05, 0) is 60.0 Å². The van der Waals surface area contributed by atoms with Gasteiger partial charge in [0.1, 0.15) is 0 Å². The largest absolute Gasteiger partial charge is 0.416 e. The van der Waals surface area contributed by atoms with Crippen molar-refractivity contribution in [2.75, 3.05) is 5.32 Å². The van der Waals surface area contributed by atoms with E-state index in [9.17, 15) is 35.9 Å². The van der Waals surface area contributed by atoms with Crippen molar-refractivity contribution in [2.45, 2.75) is 25.3 Å². The fourth-order valence-electron chi connectivity index (χ4n) is 4.45. The van der Waals surface area contributed by atoms with Crippen molar-refractivity contribution in [3.05, 3.63) is 94.8 Å². The molecule has 1 aromatic heterocycles. The number of benzene rings is 3. The number of alkyl halides is 6. The summed E-state index contributed by atoms with van der Waals surface area (Å²) < 4.78 is 79.8. The zero-order chi connectivity index (χ0) is 28.8. The topological polar surface area (TPSA) is 98.9 Å². The van der Waals surface area contributed by atoms with Gasteiger partial charge in [-0.3, -0.25) is 9.89 Å². The number of aromatic nitrogens is 2. The molecule has 0 saturated carbocycles. The summed E-state index contributed by atoms with van der Waals surface area (Å²) in [6.45, 7) is 1.54. The van der Waals surface area contributed by atoms with E-state index in [1.54, 1.807) is 24.4 Å². The monoisotopic (exact) mass is 559 g/mol. The molecule has 3 aromatic carbocycles. The Morgan fingerprint density at radius 1 is 0.875 bits per heavy atom. The van der Waals surface area contributed by atoms with Crippen LogP contribution in [-0.4, -0.2) is 22.1 Å². The maximum Gasteiger partial charge on any atom is 0.416 e. The predicted octanol–water partition coefficient (Wildman–Crippen LogP) is 6.53. The zero-order valence-electron chi connectivity index (χ0n) is 20.5. The van der Waals surface area contributed by atoms with Crippen LogP contribution in [0, 0.1) is 0 Å². The number of hydrogen-bond donors (Lipinski definition) is 4. The minimum absolute atomic E-state index is 0.0607. The summed E-state index contributed by atoms with van der Waals surface area (Å²) in [5.74, 6) is -0.533. The fraction of sp³-hybridized carbons (Fsp3) is 0.148. The molecule has 0 fully saturated rings. The van der Waals surface area contributed by atoms with Gasteiger partial charge in [-0.1, -0.05) is 24.3 Å². The van der Waals surface area contributed by atoms with Gasteiger partial charge in [-0.15, -0.1) is 0 Å². The van der Waals surface area contributed by atoms with Crippen LogP contribution in [0.25, 0.3) is 22.0 Å². The Morgan fingerprint density at radius 3 is 2.15 bits per heavy atom. The lowest BCUT2D eigenvalue weighted by Crippen LogP contribution is -2.45. The van der Waals surface area contributed by atoms with Crippen LogP contribution < -0.4 is 16.0 Å². The number of nitrogens with zero attached hydrogens (tertiary/aromatic N) is 1. The highest BCUT2D eigenvalue weighted by Gasteiger charge is 2.37. The fourth-order valence-corrected chi connectivity index (χ4v) is 4.45. The summed E-state index contributed by atoms with van der Waals surface area (Å²) in [5, 5.41) is 15.4. The number of urea groups is 1. The van der Waals surface area contributed by atoms with E-state index in [0.29, 0.717) is 23.4 Å². The lowest BCUT2D eigenvalue weighted by molar-refractivity contribution is -0.143. The molecule has 40 heavy (non-hydrogen) atoms. The third-order valence-electron chi connectivity index (χ3n) is 6.38. The second kappa shape index (κ2) is 9.74. The minimum atomic E-state index is -4.98. The number of carbonyl (C=O) groups is 2. The van der Waals surface area contributed by atoms with Gasteiger partial charge in [0, 0.05) is 16.8 Å². The molecule has 5 rings (SSSR count). The number of H-pyrrole nitrogens is 1. The number of anilines is 1. The average molecular weight is 559 g/mol. The molecule has 4 N–H and O–H groups in total. The van der Waals surface area contributed by atoms with Gasteiger partial charge in [0.05, 0.1) is 34.5 Å². The molecule has 0 bridgehead atoms. The Labute approximate surface area is 222 Å². The third-order valence-corrected chi connectivity index (χ3v) is 6.38. The number of aromatic amines is 1. The summed E-state index contributed by atoms with van der Waals surface area (Å²) in [6.07, 6.45) is -8.38. The molecular weight excluding hydrogens is 540 g/mol. The number of carbonyl (C=O) groups excluding carboxylic acids is 2. The first-order valence-corrected chi connectivity index (χ1v) is 11.7. The van der Waals surface area contributed by atoms with Gasteiger partial charge >= 0.3 is 18.4 Å². The SMILES string of the molecule is CC1=C(C(=O)Nc2ccc3[nH]ncc3c2)C(c2ccc(-c3cc(C(F)(F)F)cc(C(F)(F)F)c3)cc2)NC(=O)N1. The van der Waals surface area contributed by atoms with Crippen LogP contribution in [0.5, 0.6) is 0 Å². The smallest absolute Gasteiger partial charge is 0.327 e. The second-order valence-corrected chi connectivity index (χ2v) is 9.11. The van der Waals surface area contributed by atoms with Gasteiger partial charge in [0.25, 0.3) is 5.91 Å². The van der Waals surface area contributed by atoms with Crippen molar-refractivity contribution in [2.24, 2.45) is 0 Å². The Morgan fingerprint density at radius 2 is 1.52 bits per heavy atom. The van der Waals surface area contributed by atoms with Crippen LogP contribution in [-0.2, 0) is 17.1 Å². The standard InChI is InChI=1S/C27H19F6N5O2/c1-13-22(24(39)36-20-6-7-21-17(10-20)12-34-38-21)23(37-25(40)35-13)15-4-2-14(3-5-15)16-8-18(26(28,29)30)11-19(9-16)27(31,32)33/h2-12,23H,1H3,(H,34,38)(H,36,39)(H2,35,37,40). The Hall–Kier alpha value is -4.81. The number of amides is 3. The summed E-state index contributed by atoms with van der Waals surface area (Å²) in [4.78, 5) is 25.5. The highest BCUT2D eigenvalue weighted by Crippen LogP contribution is 2.39. The first kappa shape index (κ1) is 26.8. The van der Waals surface area contributed by atoms with Crippen LogP contribution in [0.3, 0.4) is 0 Å². The van der Waals surface area contributed by atoms with Crippen molar-refractivity contribution >= 4 is 28.5 Å². The van der Waals surface area contributed by atoms with E-state index in [-0.39, 0.29) is 28.5 Å². The Balaban J connectivity index is 1.47. The van der Waals surface area contributed by atoms with Gasteiger partial charge < -0.3 is 16.0 Å². The minimum Gasteiger partial charge on any atom is -0.327 e. The van der Waals surface area contributed by atoms with Crippen molar-refractivity contribution in [1.82, 2.24) is 20.8 Å². The third kappa shape index (κ3) is 5.35. The molecule has 13 heteroatoms. The number of fused-ring (bicyclic) bond motifs is 1. The molecule has 7 nitrogen and oxygen atoms in total. The van der Waals surface area contributed by atoms with Crippen molar-refractivity contribution < 1.29 is 35.9 Å². The maximum atomic E-state index is 13.3. The summed E-state index contributed by atoms with van der Waals surface area (Å²) in [7, 11) is 0. The molecule has 1 aliphatic heterocycles. The number of rotatable bonds is 4. The van der Waals surface area contributed by atoms with Crippen molar-refractivity contribution in [1.29, 1.82) is 0 Å². The van der Waals surface area contributed by atoms with Gasteiger partial charge in [0.2, 0.25) is 0 Å². The normalized spacial score (nSPS) is 16.1. The van der Waals surface area contributed by atoms with E-state index >= 15 is 0 Å². The van der Waals surface area contributed by atoms with E-state index < -0.39 is 41.5 Å². The summed E-state index contributed by atoms with van der Waals surface area (Å²) >= 11 is 0. The van der Waals surface area contributed by atoms with Crippen LogP contribution >= 0.6 is 0 Å². The highest BCUT2D eigenvalue weighted by molar-refractivity contribution is 6.07. The number of allylic oxidation sites excluding steroid dienone is 1. The molecule has 3 amide bonds. The predicted molar refractivity (Wildman–Crippen MR) is 134 cm³/mol. The van der Waals surface area contributed by atoms with Gasteiger partial charge in [-0.25, -0.2) is 4.79 Å². The summed E-state index contributed by atoms with van der Waals surface area (Å²) in [6, 6.07) is 10.4. The zero-order valence-corrected chi connectivity index (χ0v) is 20.5. The molecule has 0 aliphatic carbocycles. The highest BCUT2D eigenvalue weighted by atomic mass is 19.4. The molecule has 0 radical (unpaired) electrons. The number of nitrogens with one attached hydrogen (secondary N) is 4. The van der Waals surface area contributed by atoms with E-state index in [4.69, 9.17) is 0 Å². The average Bonchev–Trinajstić information content (AvgIpc) is 3.35. The van der Waals surface area contributed by atoms with Crippen molar-refractivity contribution in [3.8, 4) is 11.1 Å². The van der Waals surface area contributed by atoms with Crippen LogP contribution in [0.1, 0.15) is 29.7 Å². The van der Waals surface area contributed by atoms with E-state index in [0.717, 1.165) is 10.9 Å². The quantitative estimate of drug-likeness (QED) is 0.214. The molecule has 1 aliphatic rings. The van der Waals surface area contributed by atoms with Crippen LogP contribution in [0.4, 0.5) is 36.8 Å². The maximum absolute atomic E-state index is 13.3. The molecule has 1 atom stereocenters. The van der Waals surface area contributed by atoms with Crippen molar-refractivity contribution in [3.63, 3.8) is 0 Å². The second-order valence-electron chi connectivity index (χ2n) is 9.11. The lowest BCUT2D eigenvalue weighted by Gasteiger charge is -2.29.